The number of rotatable bonds is 5. The second-order valence-electron chi connectivity index (χ2n) is 4.12. The van der Waals surface area contributed by atoms with Crippen LogP contribution in [-0.4, -0.2) is 37.6 Å². The first kappa shape index (κ1) is 13.7. The molecule has 0 aliphatic rings. The first-order valence-corrected chi connectivity index (χ1v) is 5.62. The normalized spacial score (nSPS) is 12.5. The fraction of sp³-hybridized carbons (Fsp3) is 0.462. The van der Waals surface area contributed by atoms with Crippen molar-refractivity contribution in [3.63, 3.8) is 0 Å². The summed E-state index contributed by atoms with van der Waals surface area (Å²) >= 11 is 0. The van der Waals surface area contributed by atoms with Crippen molar-refractivity contribution in [2.45, 2.75) is 19.5 Å². The molecule has 94 valence electrons. The van der Waals surface area contributed by atoms with E-state index in [0.717, 1.165) is 0 Å². The number of carbonyl (C=O) groups is 1. The fourth-order valence-electron chi connectivity index (χ4n) is 1.76. The van der Waals surface area contributed by atoms with E-state index in [2.05, 4.69) is 19.1 Å². The molecule has 0 aliphatic carbocycles. The molecule has 4 heteroatoms. The highest BCUT2D eigenvalue weighted by Crippen LogP contribution is 2.11. The topological polar surface area (TPSA) is 55.6 Å². The van der Waals surface area contributed by atoms with Crippen molar-refractivity contribution < 1.29 is 9.53 Å². The minimum Gasteiger partial charge on any atom is -0.468 e. The number of esters is 1. The van der Waals surface area contributed by atoms with Gasteiger partial charge in [0, 0.05) is 13.1 Å². The first-order chi connectivity index (χ1) is 8.10. The zero-order valence-corrected chi connectivity index (χ0v) is 10.6. The number of likely N-dealkylation sites (N-methyl/N-ethyl adjacent to an activating group) is 1. The number of hydrogen-bond acceptors (Lipinski definition) is 4. The molecule has 1 unspecified atom stereocenters. The van der Waals surface area contributed by atoms with E-state index in [4.69, 9.17) is 10.5 Å². The molecule has 0 heterocycles. The van der Waals surface area contributed by atoms with Crippen molar-refractivity contribution in [1.82, 2.24) is 4.90 Å². The van der Waals surface area contributed by atoms with Gasteiger partial charge in [0.2, 0.25) is 0 Å². The molecule has 1 aromatic rings. The molecule has 0 spiro atoms. The zero-order chi connectivity index (χ0) is 12.8. The third-order valence-electron chi connectivity index (χ3n) is 2.91. The standard InChI is InChI=1S/C13H20N2O2/c1-10-6-4-5-7-11(10)9-15(2)12(8-14)13(16)17-3/h4-7,12H,8-9,14H2,1-3H3. The quantitative estimate of drug-likeness (QED) is 0.773. The van der Waals surface area contributed by atoms with Crippen LogP contribution in [0.25, 0.3) is 0 Å². The molecule has 17 heavy (non-hydrogen) atoms. The SMILES string of the molecule is COC(=O)C(CN)N(C)Cc1ccccc1C. The third-order valence-corrected chi connectivity index (χ3v) is 2.91. The van der Waals surface area contributed by atoms with Crippen LogP contribution in [0.3, 0.4) is 0 Å². The van der Waals surface area contributed by atoms with Crippen LogP contribution in [0.4, 0.5) is 0 Å². The van der Waals surface area contributed by atoms with Gasteiger partial charge in [0.15, 0.2) is 0 Å². The van der Waals surface area contributed by atoms with Gasteiger partial charge in [-0.2, -0.15) is 0 Å². The minimum atomic E-state index is -0.389. The monoisotopic (exact) mass is 236 g/mol. The summed E-state index contributed by atoms with van der Waals surface area (Å²) in [6.45, 7) is 3.00. The van der Waals surface area contributed by atoms with E-state index in [0.29, 0.717) is 6.54 Å². The summed E-state index contributed by atoms with van der Waals surface area (Å²) in [5.74, 6) is -0.288. The smallest absolute Gasteiger partial charge is 0.324 e. The second-order valence-corrected chi connectivity index (χ2v) is 4.12. The van der Waals surface area contributed by atoms with Gasteiger partial charge in [-0.1, -0.05) is 24.3 Å². The van der Waals surface area contributed by atoms with Crippen molar-refractivity contribution in [2.75, 3.05) is 20.7 Å². The summed E-state index contributed by atoms with van der Waals surface area (Å²) in [5, 5.41) is 0. The van der Waals surface area contributed by atoms with Crippen LogP contribution in [0.5, 0.6) is 0 Å². The minimum absolute atomic E-state index is 0.259. The Labute approximate surface area is 102 Å². The fourth-order valence-corrected chi connectivity index (χ4v) is 1.76. The van der Waals surface area contributed by atoms with E-state index in [-0.39, 0.29) is 18.6 Å². The molecule has 2 N–H and O–H groups in total. The highest BCUT2D eigenvalue weighted by molar-refractivity contribution is 5.75. The highest BCUT2D eigenvalue weighted by Gasteiger charge is 2.22. The lowest BCUT2D eigenvalue weighted by atomic mass is 10.1. The number of nitrogens with two attached hydrogens (primary N) is 1. The Morgan fingerprint density at radius 2 is 2.12 bits per heavy atom. The molecule has 4 nitrogen and oxygen atoms in total. The van der Waals surface area contributed by atoms with Crippen LogP contribution in [0, 0.1) is 6.92 Å². The lowest BCUT2D eigenvalue weighted by molar-refractivity contribution is -0.146. The molecular formula is C13H20N2O2. The Morgan fingerprint density at radius 3 is 2.65 bits per heavy atom. The molecular weight excluding hydrogens is 216 g/mol. The molecule has 0 aromatic heterocycles. The second kappa shape index (κ2) is 6.37. The predicted molar refractivity (Wildman–Crippen MR) is 67.5 cm³/mol. The van der Waals surface area contributed by atoms with Gasteiger partial charge in [0.25, 0.3) is 0 Å². The molecule has 0 bridgehead atoms. The number of hydrogen-bond donors (Lipinski definition) is 1. The van der Waals surface area contributed by atoms with Gasteiger partial charge in [0.05, 0.1) is 7.11 Å². The van der Waals surface area contributed by atoms with Crippen molar-refractivity contribution >= 4 is 5.97 Å². The van der Waals surface area contributed by atoms with E-state index in [9.17, 15) is 4.79 Å². The number of aryl methyl sites for hydroxylation is 1. The third kappa shape index (κ3) is 3.54. The van der Waals surface area contributed by atoms with Crippen LogP contribution in [0.1, 0.15) is 11.1 Å². The van der Waals surface area contributed by atoms with Crippen LogP contribution in [-0.2, 0) is 16.1 Å². The summed E-state index contributed by atoms with van der Waals surface area (Å²) < 4.78 is 4.73. The Balaban J connectivity index is 2.74. The maximum absolute atomic E-state index is 11.5. The van der Waals surface area contributed by atoms with Crippen molar-refractivity contribution in [3.05, 3.63) is 35.4 Å². The van der Waals surface area contributed by atoms with Gasteiger partial charge in [-0.05, 0) is 25.1 Å². The average Bonchev–Trinajstić information content (AvgIpc) is 2.32. The maximum Gasteiger partial charge on any atom is 0.324 e. The predicted octanol–water partition coefficient (Wildman–Crippen LogP) is 0.927. The molecule has 0 radical (unpaired) electrons. The molecule has 1 aromatic carbocycles. The lowest BCUT2D eigenvalue weighted by Crippen LogP contribution is -2.44. The van der Waals surface area contributed by atoms with Crippen molar-refractivity contribution in [3.8, 4) is 0 Å². The molecule has 1 rings (SSSR count). The van der Waals surface area contributed by atoms with Gasteiger partial charge in [-0.25, -0.2) is 0 Å². The Hall–Kier alpha value is -1.39. The summed E-state index contributed by atoms with van der Waals surface area (Å²) in [5.41, 5.74) is 8.00. The number of ether oxygens (including phenoxy) is 1. The van der Waals surface area contributed by atoms with Crippen LogP contribution < -0.4 is 5.73 Å². The van der Waals surface area contributed by atoms with Crippen LogP contribution in [0.2, 0.25) is 0 Å². The Kier molecular flexibility index (Phi) is 5.12. The molecule has 0 saturated heterocycles. The molecule has 0 saturated carbocycles. The van der Waals surface area contributed by atoms with Crippen molar-refractivity contribution in [1.29, 1.82) is 0 Å². The van der Waals surface area contributed by atoms with E-state index < -0.39 is 0 Å². The summed E-state index contributed by atoms with van der Waals surface area (Å²) in [6.07, 6.45) is 0. The van der Waals surface area contributed by atoms with Gasteiger partial charge in [0.1, 0.15) is 6.04 Å². The summed E-state index contributed by atoms with van der Waals surface area (Å²) in [7, 11) is 3.26. The molecule has 0 aliphatic heterocycles. The summed E-state index contributed by atoms with van der Waals surface area (Å²) in [6, 6.07) is 7.71. The lowest BCUT2D eigenvalue weighted by Gasteiger charge is -2.25. The van der Waals surface area contributed by atoms with Gasteiger partial charge < -0.3 is 10.5 Å². The van der Waals surface area contributed by atoms with Gasteiger partial charge in [-0.3, -0.25) is 9.69 Å². The number of nitrogens with zero attached hydrogens (tertiary/aromatic N) is 1. The molecule has 0 amide bonds. The van der Waals surface area contributed by atoms with Crippen molar-refractivity contribution in [2.24, 2.45) is 5.73 Å². The van der Waals surface area contributed by atoms with Crippen LogP contribution >= 0.6 is 0 Å². The Morgan fingerprint density at radius 1 is 1.47 bits per heavy atom. The maximum atomic E-state index is 11.5. The highest BCUT2D eigenvalue weighted by atomic mass is 16.5. The van der Waals surface area contributed by atoms with E-state index in [1.54, 1.807) is 0 Å². The number of benzene rings is 1. The summed E-state index contributed by atoms with van der Waals surface area (Å²) in [4.78, 5) is 13.4. The van der Waals surface area contributed by atoms with E-state index in [1.165, 1.54) is 18.2 Å². The molecule has 1 atom stereocenters. The molecule has 0 fully saturated rings. The van der Waals surface area contributed by atoms with Crippen LogP contribution in [0.15, 0.2) is 24.3 Å². The Bertz CT molecular complexity index is 379. The zero-order valence-electron chi connectivity index (χ0n) is 10.6. The number of methoxy groups -OCH3 is 1. The number of carbonyl (C=O) groups excluding carboxylic acids is 1. The van der Waals surface area contributed by atoms with E-state index in [1.807, 2.05) is 24.1 Å². The first-order valence-electron chi connectivity index (χ1n) is 5.62. The largest absolute Gasteiger partial charge is 0.468 e. The van der Waals surface area contributed by atoms with E-state index >= 15 is 0 Å². The van der Waals surface area contributed by atoms with Gasteiger partial charge in [-0.15, -0.1) is 0 Å². The van der Waals surface area contributed by atoms with Gasteiger partial charge >= 0.3 is 5.97 Å². The average molecular weight is 236 g/mol.